The molecule has 7 nitrogen and oxygen atoms in total. The van der Waals surface area contributed by atoms with Crippen LogP contribution in [0.4, 0.5) is 4.39 Å². The van der Waals surface area contributed by atoms with Crippen LogP contribution in [0.3, 0.4) is 0 Å². The van der Waals surface area contributed by atoms with E-state index in [1.807, 2.05) is 24.3 Å². The van der Waals surface area contributed by atoms with Gasteiger partial charge >= 0.3 is 0 Å². The van der Waals surface area contributed by atoms with Gasteiger partial charge in [-0.1, -0.05) is 18.2 Å². The highest BCUT2D eigenvalue weighted by molar-refractivity contribution is 7.89. The molecule has 9 heteroatoms. The number of ether oxygens (including phenoxy) is 1. The van der Waals surface area contributed by atoms with Crippen molar-refractivity contribution in [2.24, 2.45) is 5.92 Å². The highest BCUT2D eigenvalue weighted by Crippen LogP contribution is 2.31. The number of halogens is 1. The number of carbonyl (C=O) groups excluding carboxylic acids is 1. The molecule has 2 unspecified atom stereocenters. The van der Waals surface area contributed by atoms with Crippen molar-refractivity contribution >= 4 is 15.9 Å². The van der Waals surface area contributed by atoms with Gasteiger partial charge in [-0.05, 0) is 69.1 Å². The quantitative estimate of drug-likeness (QED) is 0.616. The molecule has 184 valence electrons. The maximum Gasteiger partial charge on any atom is 0.243 e. The van der Waals surface area contributed by atoms with Crippen molar-refractivity contribution in [3.8, 4) is 5.75 Å². The minimum atomic E-state index is -3.78. The molecule has 2 aliphatic heterocycles. The maximum atomic E-state index is 13.2. The molecular weight excluding hydrogens is 457 g/mol. The molecule has 2 saturated heterocycles. The number of hydrogen-bond acceptors (Lipinski definition) is 5. The Balaban J connectivity index is 1.44. The molecule has 34 heavy (non-hydrogen) atoms. The number of rotatable bonds is 8. The van der Waals surface area contributed by atoms with Crippen molar-refractivity contribution in [2.75, 3.05) is 39.8 Å². The van der Waals surface area contributed by atoms with Gasteiger partial charge in [-0.25, -0.2) is 12.8 Å². The van der Waals surface area contributed by atoms with E-state index in [1.165, 1.54) is 16.4 Å². The summed E-state index contributed by atoms with van der Waals surface area (Å²) in [6.07, 6.45) is 3.47. The van der Waals surface area contributed by atoms with Gasteiger partial charge in [0.25, 0.3) is 0 Å². The monoisotopic (exact) mass is 489 g/mol. The molecule has 0 bridgehead atoms. The van der Waals surface area contributed by atoms with Crippen molar-refractivity contribution in [3.05, 3.63) is 59.9 Å². The zero-order chi connectivity index (χ0) is 24.1. The number of carbonyl (C=O) groups is 1. The number of methoxy groups -OCH3 is 1. The molecule has 0 radical (unpaired) electrons. The van der Waals surface area contributed by atoms with Gasteiger partial charge in [0.1, 0.15) is 11.6 Å². The topological polar surface area (TPSA) is 79.0 Å². The van der Waals surface area contributed by atoms with Gasteiger partial charge in [0, 0.05) is 25.2 Å². The summed E-state index contributed by atoms with van der Waals surface area (Å²) in [7, 11) is -2.13. The Kier molecular flexibility index (Phi) is 7.85. The minimum Gasteiger partial charge on any atom is -0.496 e. The van der Waals surface area contributed by atoms with E-state index in [-0.39, 0.29) is 23.4 Å². The van der Waals surface area contributed by atoms with Crippen LogP contribution in [0, 0.1) is 11.7 Å². The Labute approximate surface area is 200 Å². The lowest BCUT2D eigenvalue weighted by Gasteiger charge is -2.33. The summed E-state index contributed by atoms with van der Waals surface area (Å²) in [6.45, 7) is 2.83. The molecule has 1 amide bonds. The van der Waals surface area contributed by atoms with E-state index in [4.69, 9.17) is 4.74 Å². The Bertz CT molecular complexity index is 1090. The van der Waals surface area contributed by atoms with Gasteiger partial charge in [-0.15, -0.1) is 0 Å². The van der Waals surface area contributed by atoms with Crippen LogP contribution in [0.15, 0.2) is 53.4 Å². The van der Waals surface area contributed by atoms with Gasteiger partial charge < -0.3 is 10.1 Å². The summed E-state index contributed by atoms with van der Waals surface area (Å²) in [5.41, 5.74) is 1.04. The molecule has 2 atom stereocenters. The van der Waals surface area contributed by atoms with Crippen LogP contribution in [-0.2, 0) is 14.8 Å². The second kappa shape index (κ2) is 10.8. The smallest absolute Gasteiger partial charge is 0.243 e. The molecule has 1 N–H and O–H groups in total. The minimum absolute atomic E-state index is 0.00904. The third-order valence-electron chi connectivity index (χ3n) is 6.76. The number of piperidine rings is 1. The summed E-state index contributed by atoms with van der Waals surface area (Å²) < 4.78 is 46.2. The number of amides is 1. The highest BCUT2D eigenvalue weighted by atomic mass is 32.2. The fourth-order valence-electron chi connectivity index (χ4n) is 4.90. The number of hydrogen-bond donors (Lipinski definition) is 1. The highest BCUT2D eigenvalue weighted by Gasteiger charge is 2.34. The predicted molar refractivity (Wildman–Crippen MR) is 127 cm³/mol. The summed E-state index contributed by atoms with van der Waals surface area (Å²) in [4.78, 5) is 15.5. The number of nitrogens with zero attached hydrogens (tertiary/aromatic N) is 2. The lowest BCUT2D eigenvalue weighted by atomic mass is 9.98. The van der Waals surface area contributed by atoms with Gasteiger partial charge in [0.05, 0.1) is 24.0 Å². The zero-order valence-corrected chi connectivity index (χ0v) is 20.3. The fourth-order valence-corrected chi connectivity index (χ4v) is 6.43. The standard InChI is InChI=1S/C25H32FN3O4S/c1-33-24-9-3-2-8-22(24)23(28-14-4-5-15-28)17-27-25(30)19-7-6-16-29(18-19)34(31,32)21-12-10-20(26)11-13-21/h2-3,8-13,19,23H,4-7,14-18H2,1H3,(H,27,30). The van der Waals surface area contributed by atoms with E-state index >= 15 is 0 Å². The van der Waals surface area contributed by atoms with Gasteiger partial charge in [-0.2, -0.15) is 4.31 Å². The SMILES string of the molecule is COc1ccccc1C(CNC(=O)C1CCCN(S(=O)(=O)c2ccc(F)cc2)C1)N1CCCC1. The van der Waals surface area contributed by atoms with Gasteiger partial charge in [-0.3, -0.25) is 9.69 Å². The number of para-hydroxylation sites is 1. The average Bonchev–Trinajstić information content (AvgIpc) is 3.39. The van der Waals surface area contributed by atoms with E-state index in [0.29, 0.717) is 25.9 Å². The first-order valence-corrected chi connectivity index (χ1v) is 13.2. The van der Waals surface area contributed by atoms with Crippen molar-refractivity contribution in [3.63, 3.8) is 0 Å². The maximum absolute atomic E-state index is 13.2. The van der Waals surface area contributed by atoms with E-state index in [0.717, 1.165) is 49.4 Å². The van der Waals surface area contributed by atoms with E-state index in [1.54, 1.807) is 7.11 Å². The molecule has 2 heterocycles. The van der Waals surface area contributed by atoms with E-state index < -0.39 is 21.8 Å². The first-order valence-electron chi connectivity index (χ1n) is 11.8. The first-order chi connectivity index (χ1) is 16.4. The molecule has 0 spiro atoms. The van der Waals surface area contributed by atoms with E-state index in [2.05, 4.69) is 10.2 Å². The second-order valence-electron chi connectivity index (χ2n) is 8.90. The Morgan fingerprint density at radius 1 is 1.09 bits per heavy atom. The third kappa shape index (κ3) is 5.42. The molecule has 2 fully saturated rings. The van der Waals surface area contributed by atoms with E-state index in [9.17, 15) is 17.6 Å². The normalized spacial score (nSPS) is 20.7. The van der Waals surface area contributed by atoms with Crippen molar-refractivity contribution in [2.45, 2.75) is 36.6 Å². The van der Waals surface area contributed by atoms with Crippen LogP contribution < -0.4 is 10.1 Å². The van der Waals surface area contributed by atoms with Gasteiger partial charge in [0.2, 0.25) is 15.9 Å². The zero-order valence-electron chi connectivity index (χ0n) is 19.5. The summed E-state index contributed by atoms with van der Waals surface area (Å²) in [5, 5.41) is 3.09. The van der Waals surface area contributed by atoms with Crippen molar-refractivity contribution < 1.29 is 22.3 Å². The molecule has 0 saturated carbocycles. The average molecular weight is 490 g/mol. The van der Waals surface area contributed by atoms with Crippen molar-refractivity contribution in [1.29, 1.82) is 0 Å². The van der Waals surface area contributed by atoms with Crippen LogP contribution in [0.1, 0.15) is 37.3 Å². The lowest BCUT2D eigenvalue weighted by Crippen LogP contribution is -2.46. The molecule has 4 rings (SSSR count). The summed E-state index contributed by atoms with van der Waals surface area (Å²) in [5.74, 6) is -0.265. The number of sulfonamides is 1. The first kappa shape index (κ1) is 24.6. The van der Waals surface area contributed by atoms with Crippen molar-refractivity contribution in [1.82, 2.24) is 14.5 Å². The Morgan fingerprint density at radius 2 is 1.79 bits per heavy atom. The second-order valence-corrected chi connectivity index (χ2v) is 10.8. The third-order valence-corrected chi connectivity index (χ3v) is 8.63. The fraction of sp³-hybridized carbons (Fsp3) is 0.480. The van der Waals surface area contributed by atoms with Gasteiger partial charge in [0.15, 0.2) is 0 Å². The number of benzene rings is 2. The molecular formula is C25H32FN3O4S. The Hall–Kier alpha value is -2.49. The van der Waals surface area contributed by atoms with Crippen LogP contribution in [0.25, 0.3) is 0 Å². The Morgan fingerprint density at radius 3 is 2.50 bits per heavy atom. The number of nitrogens with one attached hydrogen (secondary N) is 1. The van der Waals surface area contributed by atoms with Crippen LogP contribution in [-0.4, -0.2) is 63.4 Å². The summed E-state index contributed by atoms with van der Waals surface area (Å²) >= 11 is 0. The molecule has 2 aromatic carbocycles. The molecule has 2 aliphatic rings. The predicted octanol–water partition coefficient (Wildman–Crippen LogP) is 3.19. The lowest BCUT2D eigenvalue weighted by molar-refractivity contribution is -0.126. The summed E-state index contributed by atoms with van der Waals surface area (Å²) in [6, 6.07) is 12.7. The van der Waals surface area contributed by atoms with Crippen LogP contribution >= 0.6 is 0 Å². The molecule has 0 aromatic heterocycles. The largest absolute Gasteiger partial charge is 0.496 e. The van der Waals surface area contributed by atoms with Crippen LogP contribution in [0.5, 0.6) is 5.75 Å². The number of likely N-dealkylation sites (tertiary alicyclic amines) is 1. The van der Waals surface area contributed by atoms with Crippen LogP contribution in [0.2, 0.25) is 0 Å². The molecule has 0 aliphatic carbocycles. The molecule has 2 aromatic rings.